The highest BCUT2D eigenvalue weighted by Gasteiger charge is 2.29. The Balaban J connectivity index is 1.47. The molecule has 9 heteroatoms. The maximum absolute atomic E-state index is 13.8. The van der Waals surface area contributed by atoms with E-state index in [4.69, 9.17) is 14.5 Å². The first-order valence-electron chi connectivity index (χ1n) is 13.0. The van der Waals surface area contributed by atoms with E-state index >= 15 is 0 Å². The van der Waals surface area contributed by atoms with E-state index in [9.17, 15) is 9.59 Å². The summed E-state index contributed by atoms with van der Waals surface area (Å²) in [4.78, 5) is 37.5. The maximum Gasteiger partial charge on any atom is 0.410 e. The first-order chi connectivity index (χ1) is 17.7. The number of pyridine rings is 1. The minimum absolute atomic E-state index is 0.0139. The van der Waals surface area contributed by atoms with Crippen LogP contribution < -0.4 is 10.9 Å². The third kappa shape index (κ3) is 5.46. The summed E-state index contributed by atoms with van der Waals surface area (Å²) in [7, 11) is 0. The summed E-state index contributed by atoms with van der Waals surface area (Å²) in [6.07, 6.45) is 3.96. The van der Waals surface area contributed by atoms with E-state index in [-0.39, 0.29) is 23.7 Å². The van der Waals surface area contributed by atoms with Crippen LogP contribution in [0.5, 0.6) is 0 Å². The number of hydrogen-bond acceptors (Lipinski definition) is 7. The number of benzene rings is 1. The number of rotatable bonds is 4. The second-order valence-electron chi connectivity index (χ2n) is 10.9. The fraction of sp³-hybridized carbons (Fsp3) is 0.500. The van der Waals surface area contributed by atoms with Gasteiger partial charge in [0.2, 0.25) is 5.95 Å². The summed E-state index contributed by atoms with van der Waals surface area (Å²) in [6.45, 7) is 9.88. The van der Waals surface area contributed by atoms with Crippen LogP contribution in [0.15, 0.2) is 41.3 Å². The van der Waals surface area contributed by atoms with Crippen molar-refractivity contribution in [1.82, 2.24) is 19.4 Å². The van der Waals surface area contributed by atoms with Gasteiger partial charge < -0.3 is 19.7 Å². The lowest BCUT2D eigenvalue weighted by atomic mass is 10.0. The lowest BCUT2D eigenvalue weighted by molar-refractivity contribution is 0.0206. The maximum atomic E-state index is 13.8. The molecule has 1 N–H and O–H groups in total. The third-order valence-corrected chi connectivity index (χ3v) is 6.89. The van der Waals surface area contributed by atoms with Gasteiger partial charge in [-0.05, 0) is 64.2 Å². The number of nitrogens with one attached hydrogen (secondary N) is 1. The summed E-state index contributed by atoms with van der Waals surface area (Å²) >= 11 is 0. The summed E-state index contributed by atoms with van der Waals surface area (Å²) in [6, 6.07) is 9.70. The molecule has 2 saturated heterocycles. The second kappa shape index (κ2) is 10.1. The van der Waals surface area contributed by atoms with E-state index in [1.54, 1.807) is 15.7 Å². The highest BCUT2D eigenvalue weighted by Crippen LogP contribution is 2.28. The Kier molecular flexibility index (Phi) is 6.90. The zero-order valence-corrected chi connectivity index (χ0v) is 22.0. The van der Waals surface area contributed by atoms with Crippen molar-refractivity contribution >= 4 is 23.1 Å². The summed E-state index contributed by atoms with van der Waals surface area (Å²) in [5.74, 6) is 0.444. The average Bonchev–Trinajstić information content (AvgIpc) is 3.38. The fourth-order valence-electron chi connectivity index (χ4n) is 5.09. The molecular weight excluding hydrogens is 470 g/mol. The number of nitrogens with zero attached hydrogens (tertiary/aromatic N) is 4. The van der Waals surface area contributed by atoms with Crippen molar-refractivity contribution < 1.29 is 14.3 Å². The van der Waals surface area contributed by atoms with Crippen LogP contribution in [0.1, 0.15) is 51.6 Å². The SMILES string of the molecule is Cc1ccccc1-c1cc2cnc(N[C@H]3CCCN(C(=O)OC(C)(C)C)C3)nc2n([C@H]2CCOC2)c1=O. The number of amides is 1. The first kappa shape index (κ1) is 25.2. The molecule has 37 heavy (non-hydrogen) atoms. The molecule has 0 saturated carbocycles. The van der Waals surface area contributed by atoms with Gasteiger partial charge in [-0.15, -0.1) is 0 Å². The highest BCUT2D eigenvalue weighted by molar-refractivity contribution is 5.82. The molecule has 4 heterocycles. The van der Waals surface area contributed by atoms with Crippen molar-refractivity contribution in [1.29, 1.82) is 0 Å². The second-order valence-corrected chi connectivity index (χ2v) is 10.9. The normalized spacial score (nSPS) is 20.3. The lowest BCUT2D eigenvalue weighted by Gasteiger charge is -2.34. The Hall–Kier alpha value is -3.46. The van der Waals surface area contributed by atoms with E-state index in [2.05, 4.69) is 10.3 Å². The summed E-state index contributed by atoms with van der Waals surface area (Å²) in [5, 5.41) is 4.20. The van der Waals surface area contributed by atoms with Gasteiger partial charge in [0.25, 0.3) is 5.56 Å². The van der Waals surface area contributed by atoms with Crippen molar-refractivity contribution in [3.63, 3.8) is 0 Å². The van der Waals surface area contributed by atoms with Crippen molar-refractivity contribution in [2.75, 3.05) is 31.6 Å². The average molecular weight is 506 g/mol. The molecule has 0 bridgehead atoms. The number of fused-ring (bicyclic) bond motifs is 1. The van der Waals surface area contributed by atoms with Gasteiger partial charge in [0, 0.05) is 42.9 Å². The highest BCUT2D eigenvalue weighted by atomic mass is 16.6. The minimum Gasteiger partial charge on any atom is -0.444 e. The van der Waals surface area contributed by atoms with Crippen LogP contribution in [0.2, 0.25) is 0 Å². The molecule has 1 aromatic carbocycles. The van der Waals surface area contributed by atoms with Gasteiger partial charge in [0.05, 0.1) is 12.6 Å². The van der Waals surface area contributed by atoms with Crippen LogP contribution in [0.4, 0.5) is 10.7 Å². The molecule has 2 aliphatic rings. The molecule has 2 aromatic heterocycles. The van der Waals surface area contributed by atoms with Gasteiger partial charge in [-0.1, -0.05) is 24.3 Å². The molecule has 2 fully saturated rings. The molecule has 2 aliphatic heterocycles. The third-order valence-electron chi connectivity index (χ3n) is 6.89. The van der Waals surface area contributed by atoms with Crippen LogP contribution in [0, 0.1) is 6.92 Å². The molecule has 196 valence electrons. The van der Waals surface area contributed by atoms with E-state index in [0.717, 1.165) is 35.8 Å². The van der Waals surface area contributed by atoms with Crippen LogP contribution in [0.3, 0.4) is 0 Å². The number of likely N-dealkylation sites (tertiary alicyclic amines) is 1. The Morgan fingerprint density at radius 1 is 1.19 bits per heavy atom. The predicted octanol–water partition coefficient (Wildman–Crippen LogP) is 4.54. The predicted molar refractivity (Wildman–Crippen MR) is 143 cm³/mol. The Morgan fingerprint density at radius 3 is 2.73 bits per heavy atom. The van der Waals surface area contributed by atoms with Crippen LogP contribution >= 0.6 is 0 Å². The smallest absolute Gasteiger partial charge is 0.410 e. The molecule has 2 atom stereocenters. The largest absolute Gasteiger partial charge is 0.444 e. The number of carbonyl (C=O) groups excluding carboxylic acids is 1. The number of ether oxygens (including phenoxy) is 2. The van der Waals surface area contributed by atoms with Crippen molar-refractivity contribution in [3.05, 3.63) is 52.4 Å². The number of piperidine rings is 1. The molecule has 0 aliphatic carbocycles. The minimum atomic E-state index is -0.538. The molecule has 5 rings (SSSR count). The van der Waals surface area contributed by atoms with E-state index in [1.807, 2.05) is 58.0 Å². The Labute approximate surface area is 216 Å². The summed E-state index contributed by atoms with van der Waals surface area (Å²) < 4.78 is 13.0. The van der Waals surface area contributed by atoms with Gasteiger partial charge in [0.1, 0.15) is 11.2 Å². The lowest BCUT2D eigenvalue weighted by Crippen LogP contribution is -2.47. The van der Waals surface area contributed by atoms with Crippen LogP contribution in [0.25, 0.3) is 22.2 Å². The Morgan fingerprint density at radius 2 is 2.00 bits per heavy atom. The molecule has 0 radical (unpaired) electrons. The summed E-state index contributed by atoms with van der Waals surface area (Å²) in [5.41, 5.74) is 2.57. The molecular formula is C28H35N5O4. The number of aromatic nitrogens is 3. The van der Waals surface area contributed by atoms with Gasteiger partial charge in [-0.2, -0.15) is 4.98 Å². The molecule has 0 spiro atoms. The molecule has 1 amide bonds. The standard InChI is InChI=1S/C28H35N5O4/c1-18-8-5-6-10-22(18)23-14-19-15-29-26(31-24(19)33(25(23)34)21-11-13-36-17-21)30-20-9-7-12-32(16-20)27(35)37-28(2,3)4/h5-6,8,10,14-15,20-21H,7,9,11-13,16-17H2,1-4H3,(H,29,30,31)/t20-,21-/m0/s1. The molecule has 9 nitrogen and oxygen atoms in total. The van der Waals surface area contributed by atoms with Gasteiger partial charge >= 0.3 is 6.09 Å². The number of carbonyl (C=O) groups is 1. The fourth-order valence-corrected chi connectivity index (χ4v) is 5.09. The first-order valence-corrected chi connectivity index (χ1v) is 13.0. The zero-order valence-electron chi connectivity index (χ0n) is 22.0. The quantitative estimate of drug-likeness (QED) is 0.556. The molecule has 3 aromatic rings. The van der Waals surface area contributed by atoms with Crippen LogP contribution in [-0.2, 0) is 9.47 Å². The zero-order chi connectivity index (χ0) is 26.2. The van der Waals surface area contributed by atoms with Crippen molar-refractivity contribution in [3.8, 4) is 11.1 Å². The van der Waals surface area contributed by atoms with Crippen molar-refractivity contribution in [2.45, 2.75) is 64.6 Å². The number of anilines is 1. The molecule has 0 unspecified atom stereocenters. The number of aryl methyl sites for hydroxylation is 1. The van der Waals surface area contributed by atoms with Gasteiger partial charge in [0.15, 0.2) is 0 Å². The van der Waals surface area contributed by atoms with Gasteiger partial charge in [-0.3, -0.25) is 9.36 Å². The van der Waals surface area contributed by atoms with E-state index in [1.165, 1.54) is 0 Å². The van der Waals surface area contributed by atoms with E-state index < -0.39 is 5.60 Å². The van der Waals surface area contributed by atoms with Gasteiger partial charge in [-0.25, -0.2) is 9.78 Å². The number of hydrogen-bond donors (Lipinski definition) is 1. The van der Waals surface area contributed by atoms with E-state index in [0.29, 0.717) is 43.5 Å². The monoisotopic (exact) mass is 505 g/mol. The van der Waals surface area contributed by atoms with Crippen LogP contribution in [-0.4, -0.2) is 63.5 Å². The Bertz CT molecular complexity index is 1360. The topological polar surface area (TPSA) is 98.6 Å². The van der Waals surface area contributed by atoms with Crippen molar-refractivity contribution in [2.24, 2.45) is 0 Å².